The molecule has 18 heavy (non-hydrogen) atoms. The first kappa shape index (κ1) is 15.2. The summed E-state index contributed by atoms with van der Waals surface area (Å²) in [6, 6.07) is 0. The van der Waals surface area contributed by atoms with Gasteiger partial charge in [0.05, 0.1) is 16.6 Å². The zero-order valence-electron chi connectivity index (χ0n) is 11.1. The second kappa shape index (κ2) is 6.89. The van der Waals surface area contributed by atoms with Crippen molar-refractivity contribution in [1.82, 2.24) is 9.97 Å². The Bertz CT molecular complexity index is 382. The molecular formula is C12H21BrN4O. The van der Waals surface area contributed by atoms with E-state index in [2.05, 4.69) is 43.5 Å². The normalized spacial score (nSPS) is 14.1. The van der Waals surface area contributed by atoms with Crippen LogP contribution in [0.4, 0.5) is 11.8 Å². The fourth-order valence-electron chi connectivity index (χ4n) is 1.30. The lowest BCUT2D eigenvalue weighted by molar-refractivity contribution is 0.218. The van der Waals surface area contributed by atoms with E-state index in [0.29, 0.717) is 11.8 Å². The molecule has 1 atom stereocenters. The molecule has 0 saturated carbocycles. The van der Waals surface area contributed by atoms with Crippen LogP contribution >= 0.6 is 15.9 Å². The van der Waals surface area contributed by atoms with Crippen LogP contribution in [0.3, 0.4) is 0 Å². The Hall–Kier alpha value is -0.880. The van der Waals surface area contributed by atoms with Crippen molar-refractivity contribution in [3.8, 4) is 0 Å². The number of nitrogens with one attached hydrogen (secondary N) is 2. The number of halogens is 1. The first-order valence-corrected chi connectivity index (χ1v) is 6.99. The second-order valence-corrected chi connectivity index (χ2v) is 5.37. The average molecular weight is 317 g/mol. The van der Waals surface area contributed by atoms with Gasteiger partial charge in [0.15, 0.2) is 0 Å². The molecule has 5 nitrogen and oxygen atoms in total. The number of hydrogen-bond donors (Lipinski definition) is 3. The number of aliphatic hydroxyl groups excluding tert-OH is 1. The lowest BCUT2D eigenvalue weighted by Gasteiger charge is -2.28. The zero-order chi connectivity index (χ0) is 13.6. The van der Waals surface area contributed by atoms with Crippen LogP contribution in [0.15, 0.2) is 10.7 Å². The molecule has 3 N–H and O–H groups in total. The molecular weight excluding hydrogens is 296 g/mol. The van der Waals surface area contributed by atoms with E-state index in [1.165, 1.54) is 0 Å². The molecule has 0 aliphatic heterocycles. The molecule has 1 aromatic heterocycles. The van der Waals surface area contributed by atoms with E-state index in [0.717, 1.165) is 23.9 Å². The van der Waals surface area contributed by atoms with Gasteiger partial charge in [0.25, 0.3) is 0 Å². The molecule has 1 aromatic rings. The lowest BCUT2D eigenvalue weighted by Crippen LogP contribution is -2.38. The summed E-state index contributed by atoms with van der Waals surface area (Å²) in [7, 11) is 0. The van der Waals surface area contributed by atoms with Gasteiger partial charge >= 0.3 is 0 Å². The van der Waals surface area contributed by atoms with Crippen molar-refractivity contribution in [2.75, 3.05) is 23.8 Å². The van der Waals surface area contributed by atoms with Crippen LogP contribution in [-0.4, -0.2) is 33.8 Å². The number of anilines is 2. The molecule has 0 spiro atoms. The summed E-state index contributed by atoms with van der Waals surface area (Å²) in [4.78, 5) is 8.59. The predicted molar refractivity (Wildman–Crippen MR) is 77.9 cm³/mol. The second-order valence-electron chi connectivity index (χ2n) is 4.51. The Morgan fingerprint density at radius 3 is 2.72 bits per heavy atom. The van der Waals surface area contributed by atoms with Crippen molar-refractivity contribution >= 4 is 27.7 Å². The van der Waals surface area contributed by atoms with Gasteiger partial charge in [-0.2, -0.15) is 4.98 Å². The number of aliphatic hydroxyl groups is 1. The standard InChI is InChI=1S/C12H21BrN4O/c1-4-6-14-11-15-7-9(13)10(16-11)17-12(3,5-2)8-18/h7,18H,4-6,8H2,1-3H3,(H2,14,15,16,17). The molecule has 0 aliphatic rings. The van der Waals surface area contributed by atoms with Crippen LogP contribution in [0.2, 0.25) is 0 Å². The van der Waals surface area contributed by atoms with Crippen LogP contribution in [0.1, 0.15) is 33.6 Å². The summed E-state index contributed by atoms with van der Waals surface area (Å²) in [6.45, 7) is 6.96. The van der Waals surface area contributed by atoms with Gasteiger partial charge in [-0.25, -0.2) is 4.98 Å². The minimum absolute atomic E-state index is 0.0532. The summed E-state index contributed by atoms with van der Waals surface area (Å²) in [5.74, 6) is 1.29. The average Bonchev–Trinajstić information content (AvgIpc) is 2.39. The fraction of sp³-hybridized carbons (Fsp3) is 0.667. The van der Waals surface area contributed by atoms with Gasteiger partial charge in [-0.15, -0.1) is 0 Å². The van der Waals surface area contributed by atoms with Crippen LogP contribution in [0.5, 0.6) is 0 Å². The Labute approximate surface area is 117 Å². The molecule has 1 unspecified atom stereocenters. The topological polar surface area (TPSA) is 70.1 Å². The third-order valence-electron chi connectivity index (χ3n) is 2.83. The van der Waals surface area contributed by atoms with E-state index in [1.54, 1.807) is 6.20 Å². The molecule has 0 aromatic carbocycles. The first-order chi connectivity index (χ1) is 8.54. The van der Waals surface area contributed by atoms with Gasteiger partial charge in [0.2, 0.25) is 5.95 Å². The molecule has 0 bridgehead atoms. The number of rotatable bonds is 7. The van der Waals surface area contributed by atoms with Gasteiger partial charge in [-0.1, -0.05) is 13.8 Å². The zero-order valence-corrected chi connectivity index (χ0v) is 12.7. The van der Waals surface area contributed by atoms with Crippen LogP contribution in [0, 0.1) is 0 Å². The molecule has 0 amide bonds. The summed E-state index contributed by atoms with van der Waals surface area (Å²) in [6.07, 6.45) is 3.53. The summed E-state index contributed by atoms with van der Waals surface area (Å²) in [5, 5.41) is 15.8. The lowest BCUT2D eigenvalue weighted by atomic mass is 10.0. The van der Waals surface area contributed by atoms with Gasteiger partial charge < -0.3 is 15.7 Å². The summed E-state index contributed by atoms with van der Waals surface area (Å²) >= 11 is 3.41. The molecule has 0 radical (unpaired) electrons. The molecule has 0 saturated heterocycles. The minimum Gasteiger partial charge on any atom is -0.394 e. The molecule has 6 heteroatoms. The van der Waals surface area contributed by atoms with Crippen molar-refractivity contribution in [1.29, 1.82) is 0 Å². The first-order valence-electron chi connectivity index (χ1n) is 6.20. The van der Waals surface area contributed by atoms with Gasteiger partial charge in [0, 0.05) is 12.7 Å². The minimum atomic E-state index is -0.376. The van der Waals surface area contributed by atoms with E-state index in [-0.39, 0.29) is 12.1 Å². The highest BCUT2D eigenvalue weighted by molar-refractivity contribution is 9.10. The Kier molecular flexibility index (Phi) is 5.81. The highest BCUT2D eigenvalue weighted by Gasteiger charge is 2.22. The highest BCUT2D eigenvalue weighted by Crippen LogP contribution is 2.24. The smallest absolute Gasteiger partial charge is 0.224 e. The van der Waals surface area contributed by atoms with Crippen molar-refractivity contribution in [2.45, 2.75) is 39.2 Å². The third-order valence-corrected chi connectivity index (χ3v) is 3.41. The van der Waals surface area contributed by atoms with Gasteiger partial charge in [-0.3, -0.25) is 0 Å². The molecule has 102 valence electrons. The van der Waals surface area contributed by atoms with E-state index in [1.807, 2.05) is 13.8 Å². The maximum absolute atomic E-state index is 9.41. The van der Waals surface area contributed by atoms with Crippen LogP contribution in [-0.2, 0) is 0 Å². The number of nitrogens with zero attached hydrogens (tertiary/aromatic N) is 2. The van der Waals surface area contributed by atoms with E-state index in [9.17, 15) is 5.11 Å². The monoisotopic (exact) mass is 316 g/mol. The molecule has 0 aliphatic carbocycles. The summed E-state index contributed by atoms with van der Waals surface area (Å²) in [5.41, 5.74) is -0.376. The highest BCUT2D eigenvalue weighted by atomic mass is 79.9. The van der Waals surface area contributed by atoms with E-state index >= 15 is 0 Å². The predicted octanol–water partition coefficient (Wildman–Crippen LogP) is 2.63. The van der Waals surface area contributed by atoms with Crippen LogP contribution in [0.25, 0.3) is 0 Å². The molecule has 1 heterocycles. The Morgan fingerprint density at radius 2 is 2.17 bits per heavy atom. The van der Waals surface area contributed by atoms with Crippen molar-refractivity contribution in [3.63, 3.8) is 0 Å². The van der Waals surface area contributed by atoms with E-state index < -0.39 is 0 Å². The maximum Gasteiger partial charge on any atom is 0.224 e. The number of hydrogen-bond acceptors (Lipinski definition) is 5. The van der Waals surface area contributed by atoms with Crippen molar-refractivity contribution < 1.29 is 5.11 Å². The maximum atomic E-state index is 9.41. The Balaban J connectivity index is 2.86. The quantitative estimate of drug-likeness (QED) is 0.721. The molecule has 1 rings (SSSR count). The van der Waals surface area contributed by atoms with Gasteiger partial charge in [0.1, 0.15) is 5.82 Å². The molecule has 0 fully saturated rings. The SMILES string of the molecule is CCCNc1ncc(Br)c(NC(C)(CC)CO)n1. The van der Waals surface area contributed by atoms with Crippen LogP contribution < -0.4 is 10.6 Å². The van der Waals surface area contributed by atoms with Gasteiger partial charge in [-0.05, 0) is 35.7 Å². The van der Waals surface area contributed by atoms with Crippen molar-refractivity contribution in [3.05, 3.63) is 10.7 Å². The largest absolute Gasteiger partial charge is 0.394 e. The Morgan fingerprint density at radius 1 is 1.44 bits per heavy atom. The van der Waals surface area contributed by atoms with E-state index in [4.69, 9.17) is 0 Å². The number of aromatic nitrogens is 2. The third kappa shape index (κ3) is 4.10. The summed E-state index contributed by atoms with van der Waals surface area (Å²) < 4.78 is 0.790. The fourth-order valence-corrected chi connectivity index (χ4v) is 1.59. The van der Waals surface area contributed by atoms with Crippen molar-refractivity contribution in [2.24, 2.45) is 0 Å².